The van der Waals surface area contributed by atoms with E-state index >= 15 is 0 Å². The van der Waals surface area contributed by atoms with Crippen LogP contribution < -0.4 is 11.1 Å². The van der Waals surface area contributed by atoms with Gasteiger partial charge < -0.3 is 15.8 Å². The molecule has 1 rings (SSSR count). The molecule has 0 saturated carbocycles. The molecule has 3 nitrogen and oxygen atoms in total. The van der Waals surface area contributed by atoms with Crippen LogP contribution in [-0.2, 0) is 11.3 Å². The standard InChI is InChI=1S/C12H18N2OS/c1-12(2,14-11(13)16)9-15-8-10-6-4-3-5-7-10/h3-7H,8-9H2,1-2H3,(H3,13,14,16). The summed E-state index contributed by atoms with van der Waals surface area (Å²) in [6.45, 7) is 5.15. The Morgan fingerprint density at radius 2 is 2.00 bits per heavy atom. The summed E-state index contributed by atoms with van der Waals surface area (Å²) < 4.78 is 5.61. The Morgan fingerprint density at radius 1 is 1.38 bits per heavy atom. The first-order valence-corrected chi connectivity index (χ1v) is 5.60. The van der Waals surface area contributed by atoms with Gasteiger partial charge in [-0.05, 0) is 31.6 Å². The van der Waals surface area contributed by atoms with Crippen LogP contribution in [0.4, 0.5) is 0 Å². The maximum Gasteiger partial charge on any atom is 0.164 e. The third-order valence-electron chi connectivity index (χ3n) is 2.04. The third kappa shape index (κ3) is 5.09. The first kappa shape index (κ1) is 12.9. The summed E-state index contributed by atoms with van der Waals surface area (Å²) in [5, 5.41) is 3.29. The number of nitrogens with one attached hydrogen (secondary N) is 1. The van der Waals surface area contributed by atoms with Crippen molar-refractivity contribution < 1.29 is 4.74 Å². The minimum absolute atomic E-state index is 0.236. The monoisotopic (exact) mass is 238 g/mol. The normalized spacial score (nSPS) is 11.1. The van der Waals surface area contributed by atoms with Crippen molar-refractivity contribution in [2.75, 3.05) is 6.61 Å². The third-order valence-corrected chi connectivity index (χ3v) is 2.14. The van der Waals surface area contributed by atoms with Crippen molar-refractivity contribution in [3.63, 3.8) is 0 Å². The molecule has 0 atom stereocenters. The summed E-state index contributed by atoms with van der Waals surface area (Å²) in [5.41, 5.74) is 6.35. The van der Waals surface area contributed by atoms with Crippen molar-refractivity contribution in [1.82, 2.24) is 5.32 Å². The van der Waals surface area contributed by atoms with Gasteiger partial charge in [0.05, 0.1) is 18.8 Å². The Kier molecular flexibility index (Phi) is 4.71. The molecule has 0 aliphatic heterocycles. The van der Waals surface area contributed by atoms with E-state index in [0.717, 1.165) is 5.56 Å². The summed E-state index contributed by atoms with van der Waals surface area (Å²) in [5.74, 6) is 0. The van der Waals surface area contributed by atoms with Crippen molar-refractivity contribution in [2.45, 2.75) is 26.0 Å². The lowest BCUT2D eigenvalue weighted by atomic mass is 10.1. The number of hydrogen-bond acceptors (Lipinski definition) is 2. The number of benzene rings is 1. The van der Waals surface area contributed by atoms with Gasteiger partial charge in [0.25, 0.3) is 0 Å². The van der Waals surface area contributed by atoms with Gasteiger partial charge in [-0.25, -0.2) is 0 Å². The minimum atomic E-state index is -0.236. The van der Waals surface area contributed by atoms with Gasteiger partial charge in [-0.2, -0.15) is 0 Å². The summed E-state index contributed by atoms with van der Waals surface area (Å²) in [7, 11) is 0. The second-order valence-corrected chi connectivity index (χ2v) is 4.79. The predicted octanol–water partition coefficient (Wildman–Crippen LogP) is 1.82. The fraction of sp³-hybridized carbons (Fsp3) is 0.417. The zero-order chi connectivity index (χ0) is 12.0. The number of hydrogen-bond donors (Lipinski definition) is 2. The molecule has 0 aliphatic carbocycles. The summed E-state index contributed by atoms with van der Waals surface area (Å²) in [4.78, 5) is 0. The van der Waals surface area contributed by atoms with Gasteiger partial charge in [0.2, 0.25) is 0 Å². The molecule has 0 bridgehead atoms. The average molecular weight is 238 g/mol. The van der Waals surface area contributed by atoms with E-state index in [-0.39, 0.29) is 5.54 Å². The second kappa shape index (κ2) is 5.82. The van der Waals surface area contributed by atoms with E-state index in [9.17, 15) is 0 Å². The fourth-order valence-electron chi connectivity index (χ4n) is 1.37. The lowest BCUT2D eigenvalue weighted by molar-refractivity contribution is 0.0784. The van der Waals surface area contributed by atoms with Crippen LogP contribution in [0.25, 0.3) is 0 Å². The number of rotatable bonds is 5. The Balaban J connectivity index is 2.32. The zero-order valence-corrected chi connectivity index (χ0v) is 10.5. The molecule has 0 saturated heterocycles. The summed E-state index contributed by atoms with van der Waals surface area (Å²) in [6, 6.07) is 10.1. The quantitative estimate of drug-likeness (QED) is 0.768. The molecule has 0 unspecified atom stereocenters. The van der Waals surface area contributed by atoms with Crippen LogP contribution in [0.2, 0.25) is 0 Å². The Hall–Kier alpha value is -1.13. The Labute approximate surface area is 102 Å². The molecular weight excluding hydrogens is 220 g/mol. The predicted molar refractivity (Wildman–Crippen MR) is 70.1 cm³/mol. The largest absolute Gasteiger partial charge is 0.376 e. The molecule has 4 heteroatoms. The minimum Gasteiger partial charge on any atom is -0.376 e. The molecule has 0 aliphatic rings. The Morgan fingerprint density at radius 3 is 2.56 bits per heavy atom. The molecule has 16 heavy (non-hydrogen) atoms. The van der Waals surface area contributed by atoms with Gasteiger partial charge in [0.1, 0.15) is 0 Å². The van der Waals surface area contributed by atoms with Gasteiger partial charge in [-0.1, -0.05) is 30.3 Å². The molecule has 1 aromatic carbocycles. The molecule has 0 aromatic heterocycles. The van der Waals surface area contributed by atoms with Gasteiger partial charge >= 0.3 is 0 Å². The van der Waals surface area contributed by atoms with E-state index in [1.165, 1.54) is 0 Å². The number of nitrogens with two attached hydrogens (primary N) is 1. The van der Waals surface area contributed by atoms with Crippen LogP contribution in [0.3, 0.4) is 0 Å². The second-order valence-electron chi connectivity index (χ2n) is 4.35. The highest BCUT2D eigenvalue weighted by Crippen LogP contribution is 2.06. The van der Waals surface area contributed by atoms with Crippen molar-refractivity contribution >= 4 is 17.3 Å². The van der Waals surface area contributed by atoms with Gasteiger partial charge in [0, 0.05) is 0 Å². The van der Waals surface area contributed by atoms with Crippen LogP contribution in [0.1, 0.15) is 19.4 Å². The first-order chi connectivity index (χ1) is 7.49. The van der Waals surface area contributed by atoms with Gasteiger partial charge in [-0.3, -0.25) is 0 Å². The molecule has 0 spiro atoms. The van der Waals surface area contributed by atoms with Crippen LogP contribution in [-0.4, -0.2) is 17.3 Å². The molecule has 88 valence electrons. The van der Waals surface area contributed by atoms with Crippen LogP contribution in [0.15, 0.2) is 30.3 Å². The fourth-order valence-corrected chi connectivity index (χ4v) is 1.64. The molecule has 0 amide bonds. The highest BCUT2D eigenvalue weighted by Gasteiger charge is 2.17. The molecule has 0 fully saturated rings. The number of thiocarbonyl (C=S) groups is 1. The molecule has 1 aromatic rings. The Bertz CT molecular complexity index is 338. The first-order valence-electron chi connectivity index (χ1n) is 5.19. The topological polar surface area (TPSA) is 47.3 Å². The lowest BCUT2D eigenvalue weighted by Gasteiger charge is -2.26. The van der Waals surface area contributed by atoms with E-state index in [1.54, 1.807) is 0 Å². The maximum absolute atomic E-state index is 5.61. The molecule has 0 heterocycles. The van der Waals surface area contributed by atoms with E-state index in [4.69, 9.17) is 22.7 Å². The van der Waals surface area contributed by atoms with E-state index in [0.29, 0.717) is 18.3 Å². The smallest absolute Gasteiger partial charge is 0.164 e. The number of ether oxygens (including phenoxy) is 1. The lowest BCUT2D eigenvalue weighted by Crippen LogP contribution is -2.49. The van der Waals surface area contributed by atoms with E-state index < -0.39 is 0 Å². The van der Waals surface area contributed by atoms with Gasteiger partial charge in [0.15, 0.2) is 5.11 Å². The molecular formula is C12H18N2OS. The zero-order valence-electron chi connectivity index (χ0n) is 9.69. The maximum atomic E-state index is 5.61. The van der Waals surface area contributed by atoms with Crippen molar-refractivity contribution in [3.8, 4) is 0 Å². The average Bonchev–Trinajstić information content (AvgIpc) is 2.16. The molecule has 3 N–H and O–H groups in total. The van der Waals surface area contributed by atoms with E-state index in [1.807, 2.05) is 44.2 Å². The van der Waals surface area contributed by atoms with Crippen molar-refractivity contribution in [2.24, 2.45) is 5.73 Å². The highest BCUT2D eigenvalue weighted by atomic mass is 32.1. The highest BCUT2D eigenvalue weighted by molar-refractivity contribution is 7.80. The van der Waals surface area contributed by atoms with E-state index in [2.05, 4.69) is 5.32 Å². The SMILES string of the molecule is CC(C)(COCc1ccccc1)NC(N)=S. The van der Waals surface area contributed by atoms with Crippen molar-refractivity contribution in [1.29, 1.82) is 0 Å². The van der Waals surface area contributed by atoms with Gasteiger partial charge in [-0.15, -0.1) is 0 Å². The summed E-state index contributed by atoms with van der Waals surface area (Å²) in [6.07, 6.45) is 0. The van der Waals surface area contributed by atoms with Crippen LogP contribution >= 0.6 is 12.2 Å². The van der Waals surface area contributed by atoms with Crippen LogP contribution in [0, 0.1) is 0 Å². The van der Waals surface area contributed by atoms with Crippen molar-refractivity contribution in [3.05, 3.63) is 35.9 Å². The molecule has 0 radical (unpaired) electrons. The summed E-state index contributed by atoms with van der Waals surface area (Å²) >= 11 is 4.80. The van der Waals surface area contributed by atoms with Crippen LogP contribution in [0.5, 0.6) is 0 Å².